The molecule has 0 radical (unpaired) electrons. The number of nitrogens with two attached hydrogens (primary N) is 1. The molecule has 4 heteroatoms. The van der Waals surface area contributed by atoms with Crippen molar-refractivity contribution >= 4 is 5.69 Å². The van der Waals surface area contributed by atoms with E-state index in [0.29, 0.717) is 6.04 Å². The van der Waals surface area contributed by atoms with Gasteiger partial charge in [-0.15, -0.1) is 0 Å². The van der Waals surface area contributed by atoms with E-state index in [1.165, 1.54) is 0 Å². The van der Waals surface area contributed by atoms with Crippen molar-refractivity contribution in [3.63, 3.8) is 0 Å². The largest absolute Gasteiger partial charge is 0.370 e. The standard InChI is InChI=1S/C12H19N3O/c1-2-9-7-11(8-14-12(9)16)15-5-3-10(13)4-6-15/h7-8,10H,2-6,13H2,1H3,(H,14,16). The van der Waals surface area contributed by atoms with Crippen LogP contribution in [0.5, 0.6) is 0 Å². The highest BCUT2D eigenvalue weighted by atomic mass is 16.1. The van der Waals surface area contributed by atoms with Crippen LogP contribution in [0.4, 0.5) is 5.69 Å². The van der Waals surface area contributed by atoms with Crippen molar-refractivity contribution in [3.8, 4) is 0 Å². The van der Waals surface area contributed by atoms with E-state index in [2.05, 4.69) is 9.88 Å². The Kier molecular flexibility index (Phi) is 3.29. The summed E-state index contributed by atoms with van der Waals surface area (Å²) in [6, 6.07) is 2.33. The van der Waals surface area contributed by atoms with E-state index in [0.717, 1.165) is 43.6 Å². The van der Waals surface area contributed by atoms with Gasteiger partial charge in [-0.05, 0) is 25.3 Å². The molecule has 88 valence electrons. The molecule has 2 heterocycles. The number of hydrogen-bond donors (Lipinski definition) is 2. The summed E-state index contributed by atoms with van der Waals surface area (Å²) in [5.41, 5.74) is 7.87. The van der Waals surface area contributed by atoms with Crippen LogP contribution in [0.15, 0.2) is 17.1 Å². The summed E-state index contributed by atoms with van der Waals surface area (Å²) < 4.78 is 0. The van der Waals surface area contributed by atoms with Crippen LogP contribution < -0.4 is 16.2 Å². The number of H-pyrrole nitrogens is 1. The first-order chi connectivity index (χ1) is 7.70. The Morgan fingerprint density at radius 3 is 2.81 bits per heavy atom. The number of anilines is 1. The average molecular weight is 221 g/mol. The van der Waals surface area contributed by atoms with Crippen LogP contribution in [0.1, 0.15) is 25.3 Å². The molecule has 0 amide bonds. The lowest BCUT2D eigenvalue weighted by atomic mass is 10.1. The third-order valence-corrected chi connectivity index (χ3v) is 3.25. The second kappa shape index (κ2) is 4.70. The summed E-state index contributed by atoms with van der Waals surface area (Å²) in [5, 5.41) is 0. The molecule has 1 aliphatic heterocycles. The molecule has 16 heavy (non-hydrogen) atoms. The minimum Gasteiger partial charge on any atom is -0.370 e. The van der Waals surface area contributed by atoms with Gasteiger partial charge in [-0.1, -0.05) is 6.92 Å². The molecule has 0 aliphatic carbocycles. The van der Waals surface area contributed by atoms with Gasteiger partial charge in [0.1, 0.15) is 0 Å². The summed E-state index contributed by atoms with van der Waals surface area (Å²) in [6.45, 7) is 3.97. The quantitative estimate of drug-likeness (QED) is 0.778. The third kappa shape index (κ3) is 2.27. The number of rotatable bonds is 2. The molecule has 1 aromatic heterocycles. The predicted octanol–water partition coefficient (Wildman–Crippen LogP) is 0.865. The highest BCUT2D eigenvalue weighted by molar-refractivity contribution is 5.46. The zero-order valence-electron chi connectivity index (χ0n) is 9.70. The molecule has 0 unspecified atom stereocenters. The topological polar surface area (TPSA) is 62.1 Å². The number of nitrogens with zero attached hydrogens (tertiary/aromatic N) is 1. The number of aromatic amines is 1. The highest BCUT2D eigenvalue weighted by Crippen LogP contribution is 2.18. The number of piperidine rings is 1. The first-order valence-electron chi connectivity index (χ1n) is 5.93. The Balaban J connectivity index is 2.18. The Morgan fingerprint density at radius 2 is 2.19 bits per heavy atom. The summed E-state index contributed by atoms with van der Waals surface area (Å²) in [5.74, 6) is 0. The Labute approximate surface area is 95.5 Å². The van der Waals surface area contributed by atoms with Crippen LogP contribution >= 0.6 is 0 Å². The Bertz CT molecular complexity index is 405. The SMILES string of the molecule is CCc1cc(N2CCC(N)CC2)c[nH]c1=O. The van der Waals surface area contributed by atoms with E-state index in [1.54, 1.807) is 6.20 Å². The van der Waals surface area contributed by atoms with Crippen LogP contribution in [-0.4, -0.2) is 24.1 Å². The van der Waals surface area contributed by atoms with Crippen LogP contribution in [0, 0.1) is 0 Å². The van der Waals surface area contributed by atoms with E-state index < -0.39 is 0 Å². The lowest BCUT2D eigenvalue weighted by Crippen LogP contribution is -2.40. The van der Waals surface area contributed by atoms with E-state index in [-0.39, 0.29) is 5.56 Å². The number of hydrogen-bond acceptors (Lipinski definition) is 3. The average Bonchev–Trinajstić information content (AvgIpc) is 2.31. The molecule has 0 saturated carbocycles. The lowest BCUT2D eigenvalue weighted by molar-refractivity contribution is 0.501. The van der Waals surface area contributed by atoms with Gasteiger partial charge >= 0.3 is 0 Å². The van der Waals surface area contributed by atoms with E-state index in [1.807, 2.05) is 13.0 Å². The van der Waals surface area contributed by atoms with Gasteiger partial charge in [0.15, 0.2) is 0 Å². The summed E-state index contributed by atoms with van der Waals surface area (Å²) in [7, 11) is 0. The molecule has 3 N–H and O–H groups in total. The Hall–Kier alpha value is -1.29. The second-order valence-corrected chi connectivity index (χ2v) is 4.39. The minimum atomic E-state index is 0.0277. The number of pyridine rings is 1. The normalized spacial score (nSPS) is 17.8. The smallest absolute Gasteiger partial charge is 0.251 e. The van der Waals surface area contributed by atoms with Crippen molar-refractivity contribution in [1.29, 1.82) is 0 Å². The third-order valence-electron chi connectivity index (χ3n) is 3.25. The molecule has 2 rings (SSSR count). The van der Waals surface area contributed by atoms with Crippen LogP contribution in [-0.2, 0) is 6.42 Å². The number of aryl methyl sites for hydroxylation is 1. The van der Waals surface area contributed by atoms with Gasteiger partial charge in [-0.25, -0.2) is 0 Å². The van der Waals surface area contributed by atoms with Crippen LogP contribution in [0.2, 0.25) is 0 Å². The fourth-order valence-corrected chi connectivity index (χ4v) is 2.12. The van der Waals surface area contributed by atoms with E-state index in [9.17, 15) is 4.79 Å². The monoisotopic (exact) mass is 221 g/mol. The van der Waals surface area contributed by atoms with Crippen molar-refractivity contribution in [3.05, 3.63) is 28.2 Å². The van der Waals surface area contributed by atoms with Gasteiger partial charge in [-0.3, -0.25) is 4.79 Å². The molecule has 1 saturated heterocycles. The molecule has 1 aromatic rings. The second-order valence-electron chi connectivity index (χ2n) is 4.39. The maximum Gasteiger partial charge on any atom is 0.251 e. The maximum absolute atomic E-state index is 11.4. The van der Waals surface area contributed by atoms with E-state index >= 15 is 0 Å². The fourth-order valence-electron chi connectivity index (χ4n) is 2.12. The van der Waals surface area contributed by atoms with Gasteiger partial charge in [0.05, 0.1) is 5.69 Å². The van der Waals surface area contributed by atoms with Crippen LogP contribution in [0.3, 0.4) is 0 Å². The predicted molar refractivity (Wildman–Crippen MR) is 65.9 cm³/mol. The van der Waals surface area contributed by atoms with Crippen molar-refractivity contribution in [2.24, 2.45) is 5.73 Å². The maximum atomic E-state index is 11.4. The van der Waals surface area contributed by atoms with Crippen molar-refractivity contribution < 1.29 is 0 Å². The Morgan fingerprint density at radius 1 is 1.50 bits per heavy atom. The molecular weight excluding hydrogens is 202 g/mol. The zero-order valence-corrected chi connectivity index (χ0v) is 9.70. The van der Waals surface area contributed by atoms with Crippen molar-refractivity contribution in [1.82, 2.24) is 4.98 Å². The fraction of sp³-hybridized carbons (Fsp3) is 0.583. The number of nitrogens with one attached hydrogen (secondary N) is 1. The summed E-state index contributed by atoms with van der Waals surface area (Å²) in [6.07, 6.45) is 4.63. The van der Waals surface area contributed by atoms with Crippen molar-refractivity contribution in [2.75, 3.05) is 18.0 Å². The molecule has 0 spiro atoms. The van der Waals surface area contributed by atoms with Gasteiger partial charge in [0.2, 0.25) is 0 Å². The van der Waals surface area contributed by atoms with Gasteiger partial charge in [-0.2, -0.15) is 0 Å². The first-order valence-corrected chi connectivity index (χ1v) is 5.93. The molecule has 4 nitrogen and oxygen atoms in total. The molecule has 0 aromatic carbocycles. The molecule has 1 fully saturated rings. The van der Waals surface area contributed by atoms with Gasteiger partial charge < -0.3 is 15.6 Å². The number of aromatic nitrogens is 1. The molecule has 1 aliphatic rings. The zero-order chi connectivity index (χ0) is 11.5. The van der Waals surface area contributed by atoms with Crippen molar-refractivity contribution in [2.45, 2.75) is 32.2 Å². The van der Waals surface area contributed by atoms with Gasteiger partial charge in [0.25, 0.3) is 5.56 Å². The summed E-state index contributed by atoms with van der Waals surface area (Å²) >= 11 is 0. The first kappa shape index (κ1) is 11.2. The molecule has 0 bridgehead atoms. The van der Waals surface area contributed by atoms with Gasteiger partial charge in [0, 0.05) is 30.9 Å². The highest BCUT2D eigenvalue weighted by Gasteiger charge is 2.16. The van der Waals surface area contributed by atoms with E-state index in [4.69, 9.17) is 5.73 Å². The summed E-state index contributed by atoms with van der Waals surface area (Å²) in [4.78, 5) is 16.5. The van der Waals surface area contributed by atoms with Crippen LogP contribution in [0.25, 0.3) is 0 Å². The molecule has 0 atom stereocenters. The minimum absolute atomic E-state index is 0.0277. The molecular formula is C12H19N3O. The lowest BCUT2D eigenvalue weighted by Gasteiger charge is -2.31.